The Balaban J connectivity index is -0.0000000267. The molecule has 0 heterocycles. The minimum Gasteiger partial charge on any atom is -0.756 e. The van der Waals surface area contributed by atoms with E-state index in [1.54, 1.807) is 0 Å². The Morgan fingerprint density at radius 1 is 1.38 bits per heavy atom. The maximum atomic E-state index is 4.68. The second-order valence-corrected chi connectivity index (χ2v) is 2.78. The van der Waals surface area contributed by atoms with Gasteiger partial charge in [-0.15, -0.1) is 0 Å². The SMILES string of the molecule is C[SH]=C(C)[S-].O.O.[Na+]. The predicted molar refractivity (Wildman–Crippen MR) is 40.2 cm³/mol. The van der Waals surface area contributed by atoms with Crippen LogP contribution in [0.25, 0.3) is 0 Å². The molecule has 0 amide bonds. The van der Waals surface area contributed by atoms with Crippen LogP contribution in [0, 0.1) is 0 Å². The van der Waals surface area contributed by atoms with Crippen LogP contribution < -0.4 is 29.6 Å². The zero-order valence-electron chi connectivity index (χ0n) is 5.36. The molecule has 0 atom stereocenters. The average molecular weight is 166 g/mol. The monoisotopic (exact) mass is 166 g/mol. The average Bonchev–Trinajstić information content (AvgIpc) is 1.38. The summed E-state index contributed by atoms with van der Waals surface area (Å²) in [7, 11) is 0. The van der Waals surface area contributed by atoms with Crippen LogP contribution in [0.15, 0.2) is 0 Å². The molecule has 0 aromatic rings. The number of thiol groups is 1. The van der Waals surface area contributed by atoms with E-state index in [1.165, 1.54) is 11.4 Å². The van der Waals surface area contributed by atoms with Gasteiger partial charge in [-0.05, 0) is 6.26 Å². The van der Waals surface area contributed by atoms with Gasteiger partial charge in [0.2, 0.25) is 0 Å². The van der Waals surface area contributed by atoms with Crippen LogP contribution in [0.1, 0.15) is 6.92 Å². The Hall–Kier alpha value is 1.49. The third-order valence-corrected chi connectivity index (χ3v) is 1.49. The van der Waals surface area contributed by atoms with E-state index >= 15 is 0 Å². The molecule has 8 heavy (non-hydrogen) atoms. The van der Waals surface area contributed by atoms with E-state index in [-0.39, 0.29) is 40.5 Å². The summed E-state index contributed by atoms with van der Waals surface area (Å²) in [6, 6.07) is 0. The zero-order valence-corrected chi connectivity index (χ0v) is 9.07. The van der Waals surface area contributed by atoms with Crippen molar-refractivity contribution < 1.29 is 40.5 Å². The van der Waals surface area contributed by atoms with Crippen molar-refractivity contribution in [1.29, 1.82) is 0 Å². The van der Waals surface area contributed by atoms with Gasteiger partial charge in [0.05, 0.1) is 0 Å². The van der Waals surface area contributed by atoms with Gasteiger partial charge in [0, 0.05) is 0 Å². The molecule has 0 rings (SSSR count). The van der Waals surface area contributed by atoms with Gasteiger partial charge in [-0.1, -0.05) is 6.92 Å². The van der Waals surface area contributed by atoms with Crippen molar-refractivity contribution in [3.8, 4) is 0 Å². The molecule has 0 spiro atoms. The summed E-state index contributed by atoms with van der Waals surface area (Å²) in [4.78, 5) is 0. The summed E-state index contributed by atoms with van der Waals surface area (Å²) in [5.74, 6) is 0. The third-order valence-electron chi connectivity index (χ3n) is 0.315. The fourth-order valence-corrected chi connectivity index (χ4v) is 0. The topological polar surface area (TPSA) is 63.0 Å². The standard InChI is InChI=1S/C3H8S2.Na.2H2O/c1-3(4)5-2;;;/h4-5H,1-2H3;;2*1H2/q;+1;;/p-1. The summed E-state index contributed by atoms with van der Waals surface area (Å²) >= 11 is 5.91. The van der Waals surface area contributed by atoms with E-state index in [4.69, 9.17) is 0 Å². The van der Waals surface area contributed by atoms with E-state index < -0.39 is 0 Å². The van der Waals surface area contributed by atoms with Gasteiger partial charge in [-0.3, -0.25) is 0 Å². The summed E-state index contributed by atoms with van der Waals surface area (Å²) in [5, 5.41) is 0. The maximum absolute atomic E-state index is 4.68. The largest absolute Gasteiger partial charge is 1.00 e. The van der Waals surface area contributed by atoms with Gasteiger partial charge in [-0.2, -0.15) is 4.20 Å². The van der Waals surface area contributed by atoms with Crippen LogP contribution in [0.5, 0.6) is 0 Å². The predicted octanol–water partition coefficient (Wildman–Crippen LogP) is -3.87. The van der Waals surface area contributed by atoms with Crippen molar-refractivity contribution in [2.75, 3.05) is 6.26 Å². The van der Waals surface area contributed by atoms with Crippen LogP contribution in [0.4, 0.5) is 0 Å². The molecule has 0 unspecified atom stereocenters. The van der Waals surface area contributed by atoms with Crippen LogP contribution in [-0.2, 0) is 12.6 Å². The Kier molecular flexibility index (Phi) is 44.8. The van der Waals surface area contributed by atoms with Crippen molar-refractivity contribution in [1.82, 2.24) is 0 Å². The summed E-state index contributed by atoms with van der Waals surface area (Å²) in [5.41, 5.74) is 0. The number of rotatable bonds is 0. The van der Waals surface area contributed by atoms with Crippen LogP contribution in [0.2, 0.25) is 0 Å². The fraction of sp³-hybridized carbons (Fsp3) is 0.667. The molecule has 0 aromatic heterocycles. The first kappa shape index (κ1) is 22.7. The van der Waals surface area contributed by atoms with Crippen LogP contribution in [-0.4, -0.2) is 21.4 Å². The second-order valence-electron chi connectivity index (χ2n) is 0.743. The van der Waals surface area contributed by atoms with Crippen molar-refractivity contribution >= 4 is 28.2 Å². The van der Waals surface area contributed by atoms with E-state index in [9.17, 15) is 0 Å². The third kappa shape index (κ3) is 25.9. The van der Waals surface area contributed by atoms with Gasteiger partial charge in [0.1, 0.15) is 0 Å². The molecule has 2 nitrogen and oxygen atoms in total. The smallest absolute Gasteiger partial charge is 0.756 e. The van der Waals surface area contributed by atoms with Crippen molar-refractivity contribution in [2.24, 2.45) is 0 Å². The molecule has 0 aliphatic heterocycles. The molecule has 0 aliphatic rings. The minimum atomic E-state index is 0. The Morgan fingerprint density at radius 2 is 1.50 bits per heavy atom. The van der Waals surface area contributed by atoms with Gasteiger partial charge >= 0.3 is 29.6 Å². The van der Waals surface area contributed by atoms with Crippen LogP contribution >= 0.6 is 11.4 Å². The Labute approximate surface area is 81.3 Å². The molecular weight excluding hydrogens is 155 g/mol. The molecule has 0 fully saturated rings. The zero-order chi connectivity index (χ0) is 4.28. The molecule has 0 saturated heterocycles. The second kappa shape index (κ2) is 15.8. The van der Waals surface area contributed by atoms with Gasteiger partial charge < -0.3 is 23.6 Å². The molecule has 5 heteroatoms. The molecule has 48 valence electrons. The molecule has 0 aliphatic carbocycles. The normalized spacial score (nSPS) is 8.62. The number of hydrogen-bond donors (Lipinski definition) is 1. The van der Waals surface area contributed by atoms with Gasteiger partial charge in [0.15, 0.2) is 0 Å². The molecule has 0 bridgehead atoms. The van der Waals surface area contributed by atoms with E-state index in [1.807, 2.05) is 13.2 Å². The van der Waals surface area contributed by atoms with E-state index in [0.29, 0.717) is 0 Å². The first-order valence-corrected chi connectivity index (χ1v) is 3.12. The van der Waals surface area contributed by atoms with Crippen molar-refractivity contribution in [3.05, 3.63) is 0 Å². The maximum Gasteiger partial charge on any atom is 1.00 e. The number of hydrogen-bond acceptors (Lipinski definition) is 1. The van der Waals surface area contributed by atoms with Crippen LogP contribution in [0.3, 0.4) is 0 Å². The summed E-state index contributed by atoms with van der Waals surface area (Å²) in [6.07, 6.45) is 2.03. The minimum absolute atomic E-state index is 0. The Morgan fingerprint density at radius 3 is 1.50 bits per heavy atom. The molecular formula is C3H11NaO2S2. The van der Waals surface area contributed by atoms with Crippen molar-refractivity contribution in [2.45, 2.75) is 6.92 Å². The summed E-state index contributed by atoms with van der Waals surface area (Å²) in [6.45, 7) is 1.94. The van der Waals surface area contributed by atoms with Crippen molar-refractivity contribution in [3.63, 3.8) is 0 Å². The molecule has 0 aromatic carbocycles. The quantitative estimate of drug-likeness (QED) is 0.170. The van der Waals surface area contributed by atoms with E-state index in [2.05, 4.69) is 12.6 Å². The molecule has 0 saturated carbocycles. The van der Waals surface area contributed by atoms with Gasteiger partial charge in [-0.25, -0.2) is 11.4 Å². The summed E-state index contributed by atoms with van der Waals surface area (Å²) < 4.78 is 1.06. The Bertz CT molecular complexity index is 53.2. The molecule has 0 radical (unpaired) electrons. The first-order valence-electron chi connectivity index (χ1n) is 1.37. The first-order chi connectivity index (χ1) is 2.27. The fourth-order valence-electron chi connectivity index (χ4n) is 0. The van der Waals surface area contributed by atoms with E-state index in [0.717, 1.165) is 4.20 Å². The molecule has 4 N–H and O–H groups in total. The van der Waals surface area contributed by atoms with Gasteiger partial charge in [0.25, 0.3) is 0 Å².